The topological polar surface area (TPSA) is 199 Å². The molecule has 0 atom stereocenters. The van der Waals surface area contributed by atoms with Crippen LogP contribution in [0, 0.1) is 30.3 Å². The average molecular weight is 511 g/mol. The zero-order chi connectivity index (χ0) is 26.9. The Balaban J connectivity index is 1.66. The quantitative estimate of drug-likeness (QED) is 0.225. The molecule has 15 nitrogen and oxygen atoms in total. The molecule has 0 aliphatic rings. The minimum absolute atomic E-state index is 0.0692. The maximum absolute atomic E-state index is 12.0. The second-order valence-corrected chi connectivity index (χ2v) is 6.99. The van der Waals surface area contributed by atoms with Crippen molar-refractivity contribution in [1.82, 2.24) is 5.43 Å². The highest BCUT2D eigenvalue weighted by molar-refractivity contribution is 5.83. The first-order valence-corrected chi connectivity index (χ1v) is 10.2. The third kappa shape index (κ3) is 6.72. The fourth-order valence-corrected chi connectivity index (χ4v) is 2.90. The highest BCUT2D eigenvalue weighted by atomic mass is 16.6. The molecular formula is C22H17N5O10. The number of methoxy groups -OCH3 is 1. The van der Waals surface area contributed by atoms with E-state index < -0.39 is 38.7 Å². The molecule has 0 heterocycles. The van der Waals surface area contributed by atoms with Crippen LogP contribution in [0.15, 0.2) is 65.8 Å². The molecule has 0 aliphatic heterocycles. The smallest absolute Gasteiger partial charge is 0.318 e. The van der Waals surface area contributed by atoms with E-state index in [1.807, 2.05) is 0 Å². The van der Waals surface area contributed by atoms with E-state index in [1.54, 1.807) is 0 Å². The van der Waals surface area contributed by atoms with Crippen LogP contribution < -0.4 is 19.6 Å². The monoisotopic (exact) mass is 511 g/mol. The zero-order valence-corrected chi connectivity index (χ0v) is 18.9. The number of rotatable bonds is 11. The summed E-state index contributed by atoms with van der Waals surface area (Å²) in [7, 11) is 1.33. The SMILES string of the molecule is COc1cc(/C=N/NC(=O)COc2ccccc2[N+](=O)[O-])ccc1Oc1ccc([N+](=O)[O-])cc1[N+](=O)[O-]. The lowest BCUT2D eigenvalue weighted by molar-refractivity contribution is -0.394. The van der Waals surface area contributed by atoms with Crippen LogP contribution in [0.5, 0.6) is 23.0 Å². The molecule has 0 aromatic heterocycles. The Kier molecular flexibility index (Phi) is 8.22. The van der Waals surface area contributed by atoms with Gasteiger partial charge in [-0.3, -0.25) is 35.1 Å². The number of hydrogen-bond donors (Lipinski definition) is 1. The number of non-ortho nitro benzene ring substituents is 1. The minimum atomic E-state index is -0.807. The van der Waals surface area contributed by atoms with Crippen LogP contribution in [-0.2, 0) is 4.79 Å². The first kappa shape index (κ1) is 26.0. The van der Waals surface area contributed by atoms with Crippen LogP contribution in [0.2, 0.25) is 0 Å². The van der Waals surface area contributed by atoms with Gasteiger partial charge in [0.05, 0.1) is 34.2 Å². The number of benzene rings is 3. The van der Waals surface area contributed by atoms with Crippen LogP contribution >= 0.6 is 0 Å². The van der Waals surface area contributed by atoms with Gasteiger partial charge in [-0.25, -0.2) is 5.43 Å². The van der Waals surface area contributed by atoms with Gasteiger partial charge in [-0.05, 0) is 35.9 Å². The first-order chi connectivity index (χ1) is 17.7. The molecule has 0 saturated heterocycles. The number of carbonyl (C=O) groups excluding carboxylic acids is 1. The molecule has 3 aromatic rings. The molecule has 1 amide bonds. The molecule has 3 aromatic carbocycles. The molecule has 1 N–H and O–H groups in total. The summed E-state index contributed by atoms with van der Waals surface area (Å²) in [4.78, 5) is 43.0. The molecule has 190 valence electrons. The predicted molar refractivity (Wildman–Crippen MR) is 127 cm³/mol. The van der Waals surface area contributed by atoms with E-state index in [0.29, 0.717) is 5.56 Å². The Morgan fingerprint density at radius 2 is 1.57 bits per heavy atom. The minimum Gasteiger partial charge on any atom is -0.493 e. The molecule has 0 bridgehead atoms. The van der Waals surface area contributed by atoms with Crippen LogP contribution in [0.25, 0.3) is 0 Å². The molecule has 0 radical (unpaired) electrons. The van der Waals surface area contributed by atoms with Crippen molar-refractivity contribution < 1.29 is 33.8 Å². The van der Waals surface area contributed by atoms with Crippen molar-refractivity contribution in [3.63, 3.8) is 0 Å². The zero-order valence-electron chi connectivity index (χ0n) is 18.9. The lowest BCUT2D eigenvalue weighted by Gasteiger charge is -2.11. The Bertz CT molecular complexity index is 1390. The van der Waals surface area contributed by atoms with Gasteiger partial charge in [-0.1, -0.05) is 12.1 Å². The van der Waals surface area contributed by atoms with Crippen molar-refractivity contribution in [3.8, 4) is 23.0 Å². The van der Waals surface area contributed by atoms with E-state index in [1.165, 1.54) is 55.8 Å². The van der Waals surface area contributed by atoms with Gasteiger partial charge >= 0.3 is 11.4 Å². The molecule has 3 rings (SSSR count). The van der Waals surface area contributed by atoms with Gasteiger partial charge in [0.15, 0.2) is 23.9 Å². The van der Waals surface area contributed by atoms with Crippen molar-refractivity contribution in [1.29, 1.82) is 0 Å². The second kappa shape index (κ2) is 11.7. The highest BCUT2D eigenvalue weighted by Gasteiger charge is 2.22. The summed E-state index contributed by atoms with van der Waals surface area (Å²) in [6.07, 6.45) is 1.27. The summed E-state index contributed by atoms with van der Waals surface area (Å²) in [5.74, 6) is -0.741. The highest BCUT2D eigenvalue weighted by Crippen LogP contribution is 2.38. The van der Waals surface area contributed by atoms with Crippen LogP contribution in [0.1, 0.15) is 5.56 Å². The number of nitro benzene ring substituents is 3. The van der Waals surface area contributed by atoms with Crippen molar-refractivity contribution in [2.24, 2.45) is 5.10 Å². The Morgan fingerprint density at radius 1 is 0.865 bits per heavy atom. The number of nitrogens with zero attached hydrogens (tertiary/aromatic N) is 4. The lowest BCUT2D eigenvalue weighted by atomic mass is 10.2. The number of para-hydroxylation sites is 2. The predicted octanol–water partition coefficient (Wildman–Crippen LogP) is 3.74. The van der Waals surface area contributed by atoms with Crippen molar-refractivity contribution in [2.45, 2.75) is 0 Å². The van der Waals surface area contributed by atoms with Gasteiger partial charge in [0.25, 0.3) is 11.6 Å². The third-order valence-corrected chi connectivity index (χ3v) is 4.58. The van der Waals surface area contributed by atoms with Crippen molar-refractivity contribution in [2.75, 3.05) is 13.7 Å². The van der Waals surface area contributed by atoms with Gasteiger partial charge in [0.1, 0.15) is 0 Å². The van der Waals surface area contributed by atoms with E-state index in [0.717, 1.165) is 18.2 Å². The van der Waals surface area contributed by atoms with Gasteiger partial charge in [-0.15, -0.1) is 0 Å². The van der Waals surface area contributed by atoms with Gasteiger partial charge in [-0.2, -0.15) is 5.10 Å². The third-order valence-electron chi connectivity index (χ3n) is 4.58. The lowest BCUT2D eigenvalue weighted by Crippen LogP contribution is -2.24. The van der Waals surface area contributed by atoms with Crippen molar-refractivity contribution >= 4 is 29.2 Å². The van der Waals surface area contributed by atoms with Crippen LogP contribution in [0.4, 0.5) is 17.1 Å². The number of carbonyl (C=O) groups is 1. The molecule has 15 heteroatoms. The largest absolute Gasteiger partial charge is 0.493 e. The molecule has 0 spiro atoms. The second-order valence-electron chi connectivity index (χ2n) is 6.99. The Morgan fingerprint density at radius 3 is 2.24 bits per heavy atom. The summed E-state index contributed by atoms with van der Waals surface area (Å²) in [5.41, 5.74) is 1.30. The molecule has 37 heavy (non-hydrogen) atoms. The fraction of sp³-hybridized carbons (Fsp3) is 0.0909. The molecular weight excluding hydrogens is 494 g/mol. The first-order valence-electron chi connectivity index (χ1n) is 10.2. The number of hydrogen-bond acceptors (Lipinski definition) is 11. The maximum atomic E-state index is 12.0. The molecule has 0 unspecified atom stereocenters. The number of hydrazone groups is 1. The summed E-state index contributed by atoms with van der Waals surface area (Å²) < 4.78 is 16.0. The fourth-order valence-electron chi connectivity index (χ4n) is 2.90. The average Bonchev–Trinajstić information content (AvgIpc) is 2.88. The Labute approximate surface area is 207 Å². The molecule has 0 fully saturated rings. The Hall–Kier alpha value is -5.60. The standard InChI is InChI=1S/C22H17N5O10/c1-35-21-10-14(12-23-24-22(28)13-36-18-5-3-2-4-16(18)26(31)32)6-8-20(21)37-19-9-7-15(25(29)30)11-17(19)27(33)34/h2-12H,13H2,1H3,(H,24,28)/b23-12+. The van der Waals surface area contributed by atoms with Gasteiger partial charge in [0.2, 0.25) is 5.75 Å². The summed E-state index contributed by atoms with van der Waals surface area (Å²) in [6, 6.07) is 12.9. The summed E-state index contributed by atoms with van der Waals surface area (Å²) in [6.45, 7) is -0.522. The van der Waals surface area contributed by atoms with Gasteiger partial charge in [0, 0.05) is 12.1 Å². The van der Waals surface area contributed by atoms with E-state index in [4.69, 9.17) is 14.2 Å². The van der Waals surface area contributed by atoms with Crippen LogP contribution in [-0.4, -0.2) is 40.6 Å². The normalized spacial score (nSPS) is 10.5. The molecule has 0 aliphatic carbocycles. The van der Waals surface area contributed by atoms with E-state index in [-0.39, 0.29) is 28.7 Å². The number of amides is 1. The molecule has 0 saturated carbocycles. The van der Waals surface area contributed by atoms with Crippen molar-refractivity contribution in [3.05, 3.63) is 96.6 Å². The van der Waals surface area contributed by atoms with Gasteiger partial charge < -0.3 is 14.2 Å². The van der Waals surface area contributed by atoms with E-state index in [9.17, 15) is 35.1 Å². The number of ether oxygens (including phenoxy) is 3. The van der Waals surface area contributed by atoms with E-state index in [2.05, 4.69) is 10.5 Å². The summed E-state index contributed by atoms with van der Waals surface area (Å²) in [5, 5.41) is 37.0. The number of nitro groups is 3. The summed E-state index contributed by atoms with van der Waals surface area (Å²) >= 11 is 0. The van der Waals surface area contributed by atoms with E-state index >= 15 is 0 Å². The number of nitrogens with one attached hydrogen (secondary N) is 1. The maximum Gasteiger partial charge on any atom is 0.318 e. The van der Waals surface area contributed by atoms with Crippen LogP contribution in [0.3, 0.4) is 0 Å².